The number of halogens is 1. The average molecular weight is 372 g/mol. The third-order valence-electron chi connectivity index (χ3n) is 4.66. The number of rotatable bonds is 3. The fraction of sp³-hybridized carbons (Fsp3) is 0.300. The molecule has 5 nitrogen and oxygen atoms in total. The summed E-state index contributed by atoms with van der Waals surface area (Å²) >= 11 is 5.96. The topological polar surface area (TPSA) is 52.6 Å². The zero-order valence-corrected chi connectivity index (χ0v) is 15.7. The van der Waals surface area contributed by atoms with E-state index in [9.17, 15) is 9.59 Å². The van der Waals surface area contributed by atoms with E-state index in [0.717, 1.165) is 17.7 Å². The Balaban J connectivity index is 1.74. The number of urea groups is 1. The average Bonchev–Trinajstić information content (AvgIpc) is 2.64. The van der Waals surface area contributed by atoms with Gasteiger partial charge in [-0.25, -0.2) is 4.79 Å². The van der Waals surface area contributed by atoms with Gasteiger partial charge in [-0.1, -0.05) is 42.8 Å². The highest BCUT2D eigenvalue weighted by atomic mass is 35.5. The monoisotopic (exact) mass is 371 g/mol. The van der Waals surface area contributed by atoms with Crippen LogP contribution < -0.4 is 10.2 Å². The minimum absolute atomic E-state index is 0.0709. The van der Waals surface area contributed by atoms with Crippen molar-refractivity contribution >= 4 is 34.9 Å². The molecule has 0 spiro atoms. The van der Waals surface area contributed by atoms with Gasteiger partial charge in [0.25, 0.3) is 0 Å². The van der Waals surface area contributed by atoms with E-state index in [0.29, 0.717) is 23.8 Å². The summed E-state index contributed by atoms with van der Waals surface area (Å²) in [7, 11) is 0. The minimum Gasteiger partial charge on any atom is -0.311 e. The largest absolute Gasteiger partial charge is 0.322 e. The summed E-state index contributed by atoms with van der Waals surface area (Å²) in [6.07, 6.45) is 0.854. The summed E-state index contributed by atoms with van der Waals surface area (Å²) in [5.74, 6) is -0.0709. The van der Waals surface area contributed by atoms with E-state index < -0.39 is 6.04 Å². The molecule has 26 heavy (non-hydrogen) atoms. The maximum atomic E-state index is 12.9. The van der Waals surface area contributed by atoms with Crippen molar-refractivity contribution in [3.8, 4) is 0 Å². The van der Waals surface area contributed by atoms with Gasteiger partial charge in [0, 0.05) is 29.5 Å². The third kappa shape index (κ3) is 3.68. The SMILES string of the molecule is CCc1ccccc1N1CCN(C(=O)Nc2cccc(Cl)c2)C(C)C1=O. The molecule has 1 atom stereocenters. The molecule has 6 heteroatoms. The second-order valence-corrected chi connectivity index (χ2v) is 6.72. The van der Waals surface area contributed by atoms with Crippen LogP contribution in [0.2, 0.25) is 5.02 Å². The predicted molar refractivity (Wildman–Crippen MR) is 105 cm³/mol. The van der Waals surface area contributed by atoms with Crippen LogP contribution >= 0.6 is 11.6 Å². The van der Waals surface area contributed by atoms with E-state index in [1.807, 2.05) is 24.3 Å². The number of carbonyl (C=O) groups is 2. The van der Waals surface area contributed by atoms with Crippen molar-refractivity contribution in [1.29, 1.82) is 0 Å². The van der Waals surface area contributed by atoms with E-state index in [-0.39, 0.29) is 11.9 Å². The molecule has 1 fully saturated rings. The van der Waals surface area contributed by atoms with Crippen molar-refractivity contribution in [3.05, 3.63) is 59.1 Å². The van der Waals surface area contributed by atoms with E-state index in [2.05, 4.69) is 12.2 Å². The van der Waals surface area contributed by atoms with Crippen LogP contribution in [0.4, 0.5) is 16.2 Å². The fourth-order valence-electron chi connectivity index (χ4n) is 3.22. The summed E-state index contributed by atoms with van der Waals surface area (Å²) in [5.41, 5.74) is 2.67. The van der Waals surface area contributed by atoms with Gasteiger partial charge in [0.05, 0.1) is 0 Å². The number of amides is 3. The zero-order chi connectivity index (χ0) is 18.7. The van der Waals surface area contributed by atoms with Crippen molar-refractivity contribution in [2.45, 2.75) is 26.3 Å². The Bertz CT molecular complexity index is 824. The maximum Gasteiger partial charge on any atom is 0.322 e. The molecule has 1 saturated heterocycles. The molecule has 2 aromatic rings. The van der Waals surface area contributed by atoms with Gasteiger partial charge in [-0.05, 0) is 43.2 Å². The minimum atomic E-state index is -0.534. The van der Waals surface area contributed by atoms with Crippen LogP contribution in [0.3, 0.4) is 0 Å². The Morgan fingerprint density at radius 3 is 2.69 bits per heavy atom. The number of carbonyl (C=O) groups excluding carboxylic acids is 2. The molecule has 0 saturated carbocycles. The van der Waals surface area contributed by atoms with Crippen molar-refractivity contribution in [2.75, 3.05) is 23.3 Å². The predicted octanol–water partition coefficient (Wildman–Crippen LogP) is 4.17. The highest BCUT2D eigenvalue weighted by molar-refractivity contribution is 6.30. The lowest BCUT2D eigenvalue weighted by Gasteiger charge is -2.39. The van der Waals surface area contributed by atoms with E-state index >= 15 is 0 Å². The maximum absolute atomic E-state index is 12.9. The van der Waals surface area contributed by atoms with E-state index in [1.165, 1.54) is 0 Å². The van der Waals surface area contributed by atoms with Gasteiger partial charge < -0.3 is 15.1 Å². The molecule has 3 amide bonds. The molecule has 1 N–H and O–H groups in total. The number of hydrogen-bond acceptors (Lipinski definition) is 2. The number of benzene rings is 2. The fourth-order valence-corrected chi connectivity index (χ4v) is 3.41. The van der Waals surface area contributed by atoms with Crippen molar-refractivity contribution < 1.29 is 9.59 Å². The molecule has 1 aliphatic rings. The van der Waals surface area contributed by atoms with Crippen molar-refractivity contribution in [3.63, 3.8) is 0 Å². The molecule has 3 rings (SSSR count). The standard InChI is InChI=1S/C20H22ClN3O2/c1-3-15-7-4-5-10-18(15)24-12-11-23(14(2)19(24)25)20(26)22-17-9-6-8-16(21)13-17/h4-10,13-14H,3,11-12H2,1-2H3,(H,22,26). The summed E-state index contributed by atoms with van der Waals surface area (Å²) in [6, 6.07) is 14.0. The summed E-state index contributed by atoms with van der Waals surface area (Å²) < 4.78 is 0. The molecule has 2 aromatic carbocycles. The smallest absolute Gasteiger partial charge is 0.311 e. The Kier molecular flexibility index (Phi) is 5.47. The molecule has 1 heterocycles. The number of nitrogens with one attached hydrogen (secondary N) is 1. The Morgan fingerprint density at radius 1 is 1.19 bits per heavy atom. The second kappa shape index (κ2) is 7.79. The zero-order valence-electron chi connectivity index (χ0n) is 14.9. The van der Waals surface area contributed by atoms with Crippen LogP contribution in [0.25, 0.3) is 0 Å². The van der Waals surface area contributed by atoms with Gasteiger partial charge in [-0.15, -0.1) is 0 Å². The van der Waals surface area contributed by atoms with Crippen LogP contribution in [0.1, 0.15) is 19.4 Å². The van der Waals surface area contributed by atoms with Gasteiger partial charge in [0.1, 0.15) is 6.04 Å². The lowest BCUT2D eigenvalue weighted by atomic mass is 10.1. The van der Waals surface area contributed by atoms with Gasteiger partial charge >= 0.3 is 6.03 Å². The molecule has 136 valence electrons. The van der Waals surface area contributed by atoms with Crippen molar-refractivity contribution in [2.24, 2.45) is 0 Å². The number of hydrogen-bond donors (Lipinski definition) is 1. The summed E-state index contributed by atoms with van der Waals surface area (Å²) in [4.78, 5) is 28.8. The number of nitrogens with zero attached hydrogens (tertiary/aromatic N) is 2. The lowest BCUT2D eigenvalue weighted by Crippen LogP contribution is -2.58. The van der Waals surface area contributed by atoms with Crippen molar-refractivity contribution in [1.82, 2.24) is 4.90 Å². The third-order valence-corrected chi connectivity index (χ3v) is 4.89. The van der Waals surface area contributed by atoms with Crippen LogP contribution in [-0.2, 0) is 11.2 Å². The molecule has 0 bridgehead atoms. The van der Waals surface area contributed by atoms with Crippen LogP contribution in [0.5, 0.6) is 0 Å². The molecule has 0 radical (unpaired) electrons. The van der Waals surface area contributed by atoms with Gasteiger partial charge in [0.2, 0.25) is 5.91 Å². The molecule has 0 aliphatic carbocycles. The van der Waals surface area contributed by atoms with Gasteiger partial charge in [-0.2, -0.15) is 0 Å². The Morgan fingerprint density at radius 2 is 1.96 bits per heavy atom. The lowest BCUT2D eigenvalue weighted by molar-refractivity contribution is -0.123. The molecule has 1 unspecified atom stereocenters. The first kappa shape index (κ1) is 18.3. The summed E-state index contributed by atoms with van der Waals surface area (Å²) in [5, 5.41) is 3.36. The summed E-state index contributed by atoms with van der Waals surface area (Å²) in [6.45, 7) is 4.78. The number of anilines is 2. The second-order valence-electron chi connectivity index (χ2n) is 6.28. The van der Waals surface area contributed by atoms with Gasteiger partial charge in [0.15, 0.2) is 0 Å². The first-order valence-corrected chi connectivity index (χ1v) is 9.11. The molecular weight excluding hydrogens is 350 g/mol. The Labute approximate surface area is 158 Å². The highest BCUT2D eigenvalue weighted by Crippen LogP contribution is 2.25. The molecule has 0 aromatic heterocycles. The Hall–Kier alpha value is -2.53. The number of aryl methyl sites for hydroxylation is 1. The van der Waals surface area contributed by atoms with E-state index in [1.54, 1.807) is 41.0 Å². The highest BCUT2D eigenvalue weighted by Gasteiger charge is 2.35. The number of piperazine rings is 1. The van der Waals surface area contributed by atoms with E-state index in [4.69, 9.17) is 11.6 Å². The molecular formula is C20H22ClN3O2. The normalized spacial score (nSPS) is 17.3. The molecule has 1 aliphatic heterocycles. The first-order valence-electron chi connectivity index (χ1n) is 8.73. The van der Waals surface area contributed by atoms with Gasteiger partial charge in [-0.3, -0.25) is 4.79 Å². The van der Waals surface area contributed by atoms with Crippen LogP contribution in [0.15, 0.2) is 48.5 Å². The quantitative estimate of drug-likeness (QED) is 0.880. The van der Waals surface area contributed by atoms with Crippen LogP contribution in [0, 0.1) is 0 Å². The van der Waals surface area contributed by atoms with Crippen LogP contribution in [-0.4, -0.2) is 36.0 Å². The first-order chi connectivity index (χ1) is 12.5. The number of para-hydroxylation sites is 1.